The second-order valence-corrected chi connectivity index (χ2v) is 2.63. The molecule has 1 aromatic rings. The van der Waals surface area contributed by atoms with E-state index in [2.05, 4.69) is 4.98 Å². The molecule has 0 fully saturated rings. The second-order valence-electron chi connectivity index (χ2n) is 2.63. The van der Waals surface area contributed by atoms with Gasteiger partial charge < -0.3 is 11.5 Å². The van der Waals surface area contributed by atoms with Gasteiger partial charge in [-0.1, -0.05) is 0 Å². The molecule has 4 nitrogen and oxygen atoms in total. The lowest BCUT2D eigenvalue weighted by Crippen LogP contribution is -2.08. The van der Waals surface area contributed by atoms with Crippen LogP contribution in [0.15, 0.2) is 6.07 Å². The first-order chi connectivity index (χ1) is 6.60. The van der Waals surface area contributed by atoms with Crippen molar-refractivity contribution >= 4 is 12.1 Å². The number of rotatable bonds is 3. The van der Waals surface area contributed by atoms with Gasteiger partial charge >= 0.3 is 0 Å². The first kappa shape index (κ1) is 10.5. The van der Waals surface area contributed by atoms with Gasteiger partial charge in [0, 0.05) is 17.7 Å². The van der Waals surface area contributed by atoms with Gasteiger partial charge in [-0.25, -0.2) is 13.8 Å². The van der Waals surface area contributed by atoms with E-state index in [9.17, 15) is 13.6 Å². The van der Waals surface area contributed by atoms with Crippen LogP contribution in [-0.4, -0.2) is 11.3 Å². The number of hydrogen-bond acceptors (Lipinski definition) is 4. The van der Waals surface area contributed by atoms with Crippen molar-refractivity contribution < 1.29 is 13.6 Å². The van der Waals surface area contributed by atoms with Crippen LogP contribution in [0.5, 0.6) is 0 Å². The molecule has 0 unspecified atom stereocenters. The normalized spacial score (nSPS) is 10.6. The molecule has 0 aliphatic heterocycles. The van der Waals surface area contributed by atoms with Crippen molar-refractivity contribution in [3.8, 4) is 0 Å². The summed E-state index contributed by atoms with van der Waals surface area (Å²) < 4.78 is 24.8. The number of nitrogens with two attached hydrogens (primary N) is 2. The Morgan fingerprint density at radius 1 is 1.57 bits per heavy atom. The number of carbonyl (C=O) groups excluding carboxylic acids is 1. The summed E-state index contributed by atoms with van der Waals surface area (Å²) in [4.78, 5) is 13.9. The molecule has 0 aliphatic rings. The van der Waals surface area contributed by atoms with E-state index in [0.29, 0.717) is 5.56 Å². The summed E-state index contributed by atoms with van der Waals surface area (Å²) in [5, 5.41) is 0. The molecular weight excluding hydrogens is 192 g/mol. The Hall–Kier alpha value is -1.56. The second kappa shape index (κ2) is 4.10. The maximum atomic E-state index is 12.4. The Balaban J connectivity index is 3.32. The van der Waals surface area contributed by atoms with Gasteiger partial charge in [-0.05, 0) is 6.07 Å². The van der Waals surface area contributed by atoms with Crippen LogP contribution in [0.2, 0.25) is 0 Å². The predicted molar refractivity (Wildman–Crippen MR) is 46.9 cm³/mol. The molecule has 0 radical (unpaired) electrons. The quantitative estimate of drug-likeness (QED) is 0.711. The van der Waals surface area contributed by atoms with E-state index >= 15 is 0 Å². The Morgan fingerprint density at radius 3 is 2.64 bits per heavy atom. The van der Waals surface area contributed by atoms with Gasteiger partial charge in [-0.15, -0.1) is 0 Å². The molecule has 1 rings (SSSR count). The number of halogens is 2. The van der Waals surface area contributed by atoms with E-state index in [-0.39, 0.29) is 24.3 Å². The number of nitrogens with zero attached hydrogens (tertiary/aromatic N) is 1. The fourth-order valence-electron chi connectivity index (χ4n) is 1.03. The van der Waals surface area contributed by atoms with Crippen molar-refractivity contribution in [1.82, 2.24) is 4.98 Å². The highest BCUT2D eigenvalue weighted by Crippen LogP contribution is 2.24. The third kappa shape index (κ3) is 1.85. The van der Waals surface area contributed by atoms with Crippen molar-refractivity contribution in [1.29, 1.82) is 0 Å². The Labute approximate surface area is 78.9 Å². The minimum absolute atomic E-state index is 0.0116. The maximum Gasteiger partial charge on any atom is 0.266 e. The zero-order chi connectivity index (χ0) is 10.7. The van der Waals surface area contributed by atoms with Crippen LogP contribution in [0.3, 0.4) is 0 Å². The van der Waals surface area contributed by atoms with Crippen molar-refractivity contribution in [2.75, 3.05) is 5.73 Å². The van der Waals surface area contributed by atoms with E-state index in [1.54, 1.807) is 0 Å². The summed E-state index contributed by atoms with van der Waals surface area (Å²) in [7, 11) is 0. The van der Waals surface area contributed by atoms with Crippen LogP contribution in [0.4, 0.5) is 14.6 Å². The number of nitrogen functional groups attached to an aromatic ring is 1. The fourth-order valence-corrected chi connectivity index (χ4v) is 1.03. The highest BCUT2D eigenvalue weighted by Gasteiger charge is 2.16. The van der Waals surface area contributed by atoms with Crippen LogP contribution in [-0.2, 0) is 6.54 Å². The maximum absolute atomic E-state index is 12.4. The van der Waals surface area contributed by atoms with E-state index in [4.69, 9.17) is 11.5 Å². The smallest absolute Gasteiger partial charge is 0.266 e. The third-order valence-electron chi connectivity index (χ3n) is 1.76. The largest absolute Gasteiger partial charge is 0.383 e. The summed E-state index contributed by atoms with van der Waals surface area (Å²) in [6, 6.07) is 1.11. The third-order valence-corrected chi connectivity index (χ3v) is 1.76. The Bertz CT molecular complexity index is 355. The average molecular weight is 201 g/mol. The van der Waals surface area contributed by atoms with E-state index in [1.165, 1.54) is 0 Å². The summed E-state index contributed by atoms with van der Waals surface area (Å²) in [5.41, 5.74) is 10.2. The van der Waals surface area contributed by atoms with Crippen molar-refractivity contribution in [2.24, 2.45) is 5.73 Å². The minimum atomic E-state index is -2.76. The first-order valence-electron chi connectivity index (χ1n) is 3.82. The highest BCUT2D eigenvalue weighted by atomic mass is 19.3. The molecule has 0 spiro atoms. The Morgan fingerprint density at radius 2 is 2.21 bits per heavy atom. The molecule has 0 aliphatic carbocycles. The number of pyridine rings is 1. The lowest BCUT2D eigenvalue weighted by molar-refractivity contribution is 0.110. The molecule has 76 valence electrons. The molecular formula is C8H9F2N3O. The zero-order valence-electron chi connectivity index (χ0n) is 7.21. The van der Waals surface area contributed by atoms with Crippen LogP contribution in [0.25, 0.3) is 0 Å². The molecule has 14 heavy (non-hydrogen) atoms. The Kier molecular flexibility index (Phi) is 3.08. The van der Waals surface area contributed by atoms with Gasteiger partial charge in [0.05, 0.1) is 0 Å². The van der Waals surface area contributed by atoms with Gasteiger partial charge in [0.15, 0.2) is 6.29 Å². The number of anilines is 1. The van der Waals surface area contributed by atoms with E-state index < -0.39 is 12.0 Å². The lowest BCUT2D eigenvalue weighted by Gasteiger charge is -2.07. The van der Waals surface area contributed by atoms with Gasteiger partial charge in [0.1, 0.15) is 11.5 Å². The standard InChI is InChI=1S/C8H9F2N3O/c9-7(10)5-1-4(2-11)8(12)13-6(5)3-14/h1,3,7H,2,11H2,(H2,12,13). The molecule has 0 amide bonds. The van der Waals surface area contributed by atoms with Gasteiger partial charge in [-0.3, -0.25) is 4.79 Å². The topological polar surface area (TPSA) is 82.0 Å². The number of alkyl halides is 2. The zero-order valence-corrected chi connectivity index (χ0v) is 7.21. The lowest BCUT2D eigenvalue weighted by atomic mass is 10.1. The highest BCUT2D eigenvalue weighted by molar-refractivity contribution is 5.75. The summed E-state index contributed by atoms with van der Waals surface area (Å²) in [6.45, 7) is 0.0116. The number of aromatic nitrogens is 1. The summed E-state index contributed by atoms with van der Waals surface area (Å²) in [5.74, 6) is 0.0130. The molecule has 0 aromatic carbocycles. The molecule has 4 N–H and O–H groups in total. The van der Waals surface area contributed by atoms with Crippen LogP contribution in [0.1, 0.15) is 28.0 Å². The predicted octanol–water partition coefficient (Wildman–Crippen LogP) is 0.873. The van der Waals surface area contributed by atoms with Crippen molar-refractivity contribution in [3.63, 3.8) is 0 Å². The number of hydrogen-bond donors (Lipinski definition) is 2. The molecule has 0 saturated heterocycles. The molecule has 0 atom stereocenters. The van der Waals surface area contributed by atoms with E-state index in [0.717, 1.165) is 6.07 Å². The fraction of sp³-hybridized carbons (Fsp3) is 0.250. The van der Waals surface area contributed by atoms with Gasteiger partial charge in [0.25, 0.3) is 6.43 Å². The number of aldehydes is 1. The van der Waals surface area contributed by atoms with E-state index in [1.807, 2.05) is 0 Å². The molecule has 0 bridgehead atoms. The summed E-state index contributed by atoms with van der Waals surface area (Å²) in [6.07, 6.45) is -2.51. The average Bonchev–Trinajstić information content (AvgIpc) is 2.16. The monoisotopic (exact) mass is 201 g/mol. The molecule has 1 heterocycles. The molecule has 1 aromatic heterocycles. The first-order valence-corrected chi connectivity index (χ1v) is 3.82. The van der Waals surface area contributed by atoms with Gasteiger partial charge in [0.2, 0.25) is 0 Å². The van der Waals surface area contributed by atoms with Crippen molar-refractivity contribution in [2.45, 2.75) is 13.0 Å². The number of carbonyl (C=O) groups is 1. The summed E-state index contributed by atoms with van der Waals surface area (Å²) >= 11 is 0. The molecule has 6 heteroatoms. The van der Waals surface area contributed by atoms with Crippen LogP contribution in [0, 0.1) is 0 Å². The molecule has 0 saturated carbocycles. The van der Waals surface area contributed by atoms with Crippen molar-refractivity contribution in [3.05, 3.63) is 22.9 Å². The van der Waals surface area contributed by atoms with Crippen LogP contribution >= 0.6 is 0 Å². The van der Waals surface area contributed by atoms with Gasteiger partial charge in [-0.2, -0.15) is 0 Å². The van der Waals surface area contributed by atoms with Crippen LogP contribution < -0.4 is 11.5 Å². The SMILES string of the molecule is NCc1cc(C(F)F)c(C=O)nc1N. The minimum Gasteiger partial charge on any atom is -0.383 e.